The standard InChI is InChI=1S/C24H21ClN4OS/c1-17-5-4-6-19(13-17)14-26-28-23(30)16-31-24-27-21-7-2-3-8-22(21)29(24)15-18-9-11-20(25)12-10-18/h2-14H,15-16H2,1H3,(H,28,30)/b26-14+. The van der Waals surface area contributed by atoms with Gasteiger partial charge in [0.05, 0.1) is 29.5 Å². The van der Waals surface area contributed by atoms with E-state index in [0.29, 0.717) is 11.6 Å². The van der Waals surface area contributed by atoms with Gasteiger partial charge < -0.3 is 4.57 Å². The maximum Gasteiger partial charge on any atom is 0.250 e. The van der Waals surface area contributed by atoms with Crippen LogP contribution < -0.4 is 5.43 Å². The van der Waals surface area contributed by atoms with E-state index in [0.717, 1.165) is 32.9 Å². The van der Waals surface area contributed by atoms with Crippen molar-refractivity contribution in [1.29, 1.82) is 0 Å². The van der Waals surface area contributed by atoms with Crippen molar-refractivity contribution in [3.8, 4) is 0 Å². The highest BCUT2D eigenvalue weighted by molar-refractivity contribution is 7.99. The highest BCUT2D eigenvalue weighted by atomic mass is 35.5. The van der Waals surface area contributed by atoms with Gasteiger partial charge in [-0.05, 0) is 42.3 Å². The molecule has 0 aliphatic carbocycles. The molecule has 3 aromatic carbocycles. The van der Waals surface area contributed by atoms with Gasteiger partial charge in [-0.15, -0.1) is 0 Å². The quantitative estimate of drug-likeness (QED) is 0.237. The Morgan fingerprint density at radius 3 is 2.74 bits per heavy atom. The zero-order valence-corrected chi connectivity index (χ0v) is 18.5. The van der Waals surface area contributed by atoms with E-state index in [1.54, 1.807) is 6.21 Å². The lowest BCUT2D eigenvalue weighted by Crippen LogP contribution is -2.20. The third kappa shape index (κ3) is 5.54. The molecular weight excluding hydrogens is 428 g/mol. The molecular formula is C24H21ClN4OS. The summed E-state index contributed by atoms with van der Waals surface area (Å²) < 4.78 is 2.12. The molecule has 1 amide bonds. The van der Waals surface area contributed by atoms with E-state index >= 15 is 0 Å². The van der Waals surface area contributed by atoms with Crippen LogP contribution in [0.3, 0.4) is 0 Å². The minimum atomic E-state index is -0.181. The van der Waals surface area contributed by atoms with E-state index in [4.69, 9.17) is 16.6 Å². The SMILES string of the molecule is Cc1cccc(/C=N/NC(=O)CSc2nc3ccccc3n2Cc2ccc(Cl)cc2)c1. The number of imidazole rings is 1. The molecule has 1 N–H and O–H groups in total. The number of amides is 1. The van der Waals surface area contributed by atoms with Crippen LogP contribution in [0.2, 0.25) is 5.02 Å². The molecule has 0 aliphatic heterocycles. The second-order valence-electron chi connectivity index (χ2n) is 7.09. The van der Waals surface area contributed by atoms with Crippen molar-refractivity contribution in [1.82, 2.24) is 15.0 Å². The number of rotatable bonds is 7. The maximum atomic E-state index is 12.3. The third-order valence-corrected chi connectivity index (χ3v) is 5.88. The number of benzene rings is 3. The van der Waals surface area contributed by atoms with Crippen molar-refractivity contribution < 1.29 is 4.79 Å². The number of nitrogens with zero attached hydrogens (tertiary/aromatic N) is 3. The zero-order valence-electron chi connectivity index (χ0n) is 17.0. The maximum absolute atomic E-state index is 12.3. The second-order valence-corrected chi connectivity index (χ2v) is 8.47. The number of fused-ring (bicyclic) bond motifs is 1. The number of hydrogen-bond acceptors (Lipinski definition) is 4. The highest BCUT2D eigenvalue weighted by Gasteiger charge is 2.13. The van der Waals surface area contributed by atoms with Gasteiger partial charge in [0.1, 0.15) is 0 Å². The summed E-state index contributed by atoms with van der Waals surface area (Å²) in [5.74, 6) is 0.0359. The van der Waals surface area contributed by atoms with Crippen molar-refractivity contribution in [2.45, 2.75) is 18.6 Å². The molecule has 1 heterocycles. The van der Waals surface area contributed by atoms with Crippen LogP contribution in [0.1, 0.15) is 16.7 Å². The molecule has 0 bridgehead atoms. The van der Waals surface area contributed by atoms with Gasteiger partial charge in [-0.1, -0.05) is 77.5 Å². The first kappa shape index (κ1) is 21.2. The van der Waals surface area contributed by atoms with Crippen LogP contribution in [0.5, 0.6) is 0 Å². The molecule has 0 fully saturated rings. The molecule has 4 rings (SSSR count). The van der Waals surface area contributed by atoms with E-state index in [9.17, 15) is 4.79 Å². The van der Waals surface area contributed by atoms with E-state index in [-0.39, 0.29) is 11.7 Å². The van der Waals surface area contributed by atoms with E-state index in [1.165, 1.54) is 11.8 Å². The lowest BCUT2D eigenvalue weighted by atomic mass is 10.2. The van der Waals surface area contributed by atoms with Crippen LogP contribution in [-0.4, -0.2) is 27.4 Å². The summed E-state index contributed by atoms with van der Waals surface area (Å²) in [6, 6.07) is 23.6. The highest BCUT2D eigenvalue weighted by Crippen LogP contribution is 2.25. The monoisotopic (exact) mass is 448 g/mol. The first-order valence-corrected chi connectivity index (χ1v) is 11.2. The van der Waals surface area contributed by atoms with Crippen LogP contribution in [0.25, 0.3) is 11.0 Å². The Bertz CT molecular complexity index is 1230. The Labute approximate surface area is 190 Å². The van der Waals surface area contributed by atoms with Gasteiger partial charge in [0.15, 0.2) is 5.16 Å². The number of hydrogen-bond donors (Lipinski definition) is 1. The van der Waals surface area contributed by atoms with Crippen LogP contribution in [0.4, 0.5) is 0 Å². The van der Waals surface area contributed by atoms with Gasteiger partial charge in [0, 0.05) is 5.02 Å². The number of carbonyl (C=O) groups excluding carboxylic acids is 1. The fourth-order valence-corrected chi connectivity index (χ4v) is 4.11. The number of halogens is 1. The van der Waals surface area contributed by atoms with Gasteiger partial charge in [-0.2, -0.15) is 5.10 Å². The molecule has 0 aliphatic rings. The third-order valence-electron chi connectivity index (χ3n) is 4.65. The number of thioether (sulfide) groups is 1. The Morgan fingerprint density at radius 2 is 1.94 bits per heavy atom. The predicted octanol–water partition coefficient (Wildman–Crippen LogP) is 5.29. The largest absolute Gasteiger partial charge is 0.314 e. The minimum absolute atomic E-state index is 0.181. The summed E-state index contributed by atoms with van der Waals surface area (Å²) >= 11 is 7.41. The topological polar surface area (TPSA) is 59.3 Å². The summed E-state index contributed by atoms with van der Waals surface area (Å²) in [6.07, 6.45) is 1.64. The molecule has 5 nitrogen and oxygen atoms in total. The van der Waals surface area contributed by atoms with Crippen molar-refractivity contribution in [3.05, 3.63) is 94.5 Å². The molecule has 31 heavy (non-hydrogen) atoms. The lowest BCUT2D eigenvalue weighted by Gasteiger charge is -2.09. The number of hydrazone groups is 1. The number of para-hydroxylation sites is 2. The molecule has 156 valence electrons. The number of aryl methyl sites for hydroxylation is 1. The molecule has 0 atom stereocenters. The van der Waals surface area contributed by atoms with Crippen molar-refractivity contribution in [3.63, 3.8) is 0 Å². The normalized spacial score (nSPS) is 11.3. The second kappa shape index (κ2) is 9.81. The van der Waals surface area contributed by atoms with E-state index < -0.39 is 0 Å². The number of nitrogens with one attached hydrogen (secondary N) is 1. The Kier molecular flexibility index (Phi) is 6.70. The molecule has 4 aromatic rings. The molecule has 1 aromatic heterocycles. The van der Waals surface area contributed by atoms with Gasteiger partial charge in [0.2, 0.25) is 0 Å². The number of aromatic nitrogens is 2. The first-order valence-electron chi connectivity index (χ1n) is 9.79. The van der Waals surface area contributed by atoms with Gasteiger partial charge in [-0.3, -0.25) is 4.79 Å². The smallest absolute Gasteiger partial charge is 0.250 e. The summed E-state index contributed by atoms with van der Waals surface area (Å²) in [5, 5.41) is 5.55. The molecule has 0 radical (unpaired) electrons. The van der Waals surface area contributed by atoms with Crippen LogP contribution in [0, 0.1) is 6.92 Å². The summed E-state index contributed by atoms with van der Waals surface area (Å²) in [4.78, 5) is 17.0. The van der Waals surface area contributed by atoms with Crippen molar-refractivity contribution in [2.75, 3.05) is 5.75 Å². The first-order chi connectivity index (χ1) is 15.1. The van der Waals surface area contributed by atoms with Crippen molar-refractivity contribution in [2.24, 2.45) is 5.10 Å². The minimum Gasteiger partial charge on any atom is -0.314 e. The van der Waals surface area contributed by atoms with E-state index in [1.807, 2.05) is 79.7 Å². The predicted molar refractivity (Wildman–Crippen MR) is 128 cm³/mol. The van der Waals surface area contributed by atoms with Crippen molar-refractivity contribution >= 4 is 46.5 Å². The Balaban J connectivity index is 1.45. The van der Waals surface area contributed by atoms with Crippen LogP contribution in [0.15, 0.2) is 83.1 Å². The lowest BCUT2D eigenvalue weighted by molar-refractivity contribution is -0.118. The average Bonchev–Trinajstić information content (AvgIpc) is 3.11. The zero-order chi connectivity index (χ0) is 21.6. The fraction of sp³-hybridized carbons (Fsp3) is 0.125. The van der Waals surface area contributed by atoms with Gasteiger partial charge >= 0.3 is 0 Å². The number of carbonyl (C=O) groups is 1. The molecule has 7 heteroatoms. The molecule has 0 saturated carbocycles. The molecule has 0 saturated heterocycles. The summed E-state index contributed by atoms with van der Waals surface area (Å²) in [5.41, 5.74) is 7.71. The van der Waals surface area contributed by atoms with Gasteiger partial charge in [0.25, 0.3) is 5.91 Å². The van der Waals surface area contributed by atoms with Crippen LogP contribution in [-0.2, 0) is 11.3 Å². The molecule has 0 spiro atoms. The van der Waals surface area contributed by atoms with Gasteiger partial charge in [-0.25, -0.2) is 10.4 Å². The average molecular weight is 449 g/mol. The summed E-state index contributed by atoms with van der Waals surface area (Å²) in [6.45, 7) is 2.66. The van der Waals surface area contributed by atoms with E-state index in [2.05, 4.69) is 15.1 Å². The Morgan fingerprint density at radius 1 is 1.13 bits per heavy atom. The fourth-order valence-electron chi connectivity index (χ4n) is 3.18. The van der Waals surface area contributed by atoms with Crippen LogP contribution >= 0.6 is 23.4 Å². The Hall–Kier alpha value is -3.09. The molecule has 0 unspecified atom stereocenters. The summed E-state index contributed by atoms with van der Waals surface area (Å²) in [7, 11) is 0.